The zero-order valence-corrected chi connectivity index (χ0v) is 45.9. The fourth-order valence-corrected chi connectivity index (χ4v) is 10.8. The molecule has 0 saturated carbocycles. The Bertz CT molecular complexity index is 2750. The highest BCUT2D eigenvalue weighted by atomic mass is 31.2. The summed E-state index contributed by atoms with van der Waals surface area (Å²) >= 11 is 0. The van der Waals surface area contributed by atoms with Crippen LogP contribution in [0.3, 0.4) is 0 Å². The van der Waals surface area contributed by atoms with Crippen LogP contribution in [-0.4, -0.2) is 106 Å². The lowest BCUT2D eigenvalue weighted by molar-refractivity contribution is -0.303. The summed E-state index contributed by atoms with van der Waals surface area (Å²) in [5.41, 5.74) is 1.43. The topological polar surface area (TPSA) is 171 Å². The number of carbonyl (C=O) groups is 3. The number of rotatable bonds is 28. The summed E-state index contributed by atoms with van der Waals surface area (Å²) in [6.45, 7) is 8.80. The summed E-state index contributed by atoms with van der Waals surface area (Å²) in [6.07, 6.45) is -5.07. The van der Waals surface area contributed by atoms with E-state index in [0.29, 0.717) is 48.5 Å². The van der Waals surface area contributed by atoms with Gasteiger partial charge in [0.15, 0.2) is 24.6 Å². The van der Waals surface area contributed by atoms with Gasteiger partial charge in [-0.15, -0.1) is 0 Å². The first-order chi connectivity index (χ1) is 38.0. The molecule has 0 spiro atoms. The van der Waals surface area contributed by atoms with Gasteiger partial charge in [-0.05, 0) is 124 Å². The number of methoxy groups -OCH3 is 2. The number of unbranched alkanes of at least 4 members (excludes halogenated alkanes) is 2. The number of benzene rings is 6. The van der Waals surface area contributed by atoms with Gasteiger partial charge < -0.3 is 46.9 Å². The van der Waals surface area contributed by atoms with Gasteiger partial charge in [-0.1, -0.05) is 109 Å². The summed E-state index contributed by atoms with van der Waals surface area (Å²) < 4.78 is 66.0. The predicted molar refractivity (Wildman–Crippen MR) is 295 cm³/mol. The molecule has 7 rings (SSSR count). The van der Waals surface area contributed by atoms with Gasteiger partial charge in [-0.2, -0.15) is 5.26 Å². The highest BCUT2D eigenvalue weighted by Gasteiger charge is 2.54. The first-order valence-electron chi connectivity index (χ1n) is 26.2. The lowest BCUT2D eigenvalue weighted by Gasteiger charge is -2.45. The highest BCUT2D eigenvalue weighted by Crippen LogP contribution is 2.46. The van der Waals surface area contributed by atoms with Crippen molar-refractivity contribution in [2.75, 3.05) is 40.6 Å². The fraction of sp³-hybridized carbons (Fsp3) is 0.355. The summed E-state index contributed by atoms with van der Waals surface area (Å²) in [4.78, 5) is 43.1. The van der Waals surface area contributed by atoms with Crippen LogP contribution in [0.4, 0.5) is 0 Å². The van der Waals surface area contributed by atoms with Crippen LogP contribution < -0.4 is 9.47 Å². The van der Waals surface area contributed by atoms with Gasteiger partial charge in [-0.3, -0.25) is 0 Å². The maximum absolute atomic E-state index is 14.4. The average Bonchev–Trinajstić information content (AvgIpc) is 3.52. The molecule has 1 heterocycles. The summed E-state index contributed by atoms with van der Waals surface area (Å²) in [5, 5.41) is 9.18. The van der Waals surface area contributed by atoms with Crippen LogP contribution in [0.25, 0.3) is 0 Å². The SMILES string of the molecule is COc1ccc(C(OCC2OC(OCCCCCOP(OCCC#N)N(C(C)C)C(C)C)C(OC(=O)c3ccccc3)C(OC(=O)c3ccccc3)C2OC(=O)c2ccccc2)(c2ccccc2)c2ccc(OC)cc2)cc1. The number of hydrogen-bond donors (Lipinski definition) is 0. The molecule has 15 nitrogen and oxygen atoms in total. The number of hydrogen-bond acceptors (Lipinski definition) is 15. The van der Waals surface area contributed by atoms with Crippen LogP contribution in [0.15, 0.2) is 170 Å². The number of ether oxygens (including phenoxy) is 8. The zero-order chi connectivity index (χ0) is 55.3. The molecule has 1 aliphatic heterocycles. The largest absolute Gasteiger partial charge is 0.497 e. The van der Waals surface area contributed by atoms with Crippen molar-refractivity contribution in [2.45, 2.75) is 102 Å². The number of nitriles is 1. The molecule has 16 heteroatoms. The van der Waals surface area contributed by atoms with Crippen LogP contribution >= 0.6 is 8.53 Å². The van der Waals surface area contributed by atoms with E-state index in [0.717, 1.165) is 5.56 Å². The van der Waals surface area contributed by atoms with E-state index in [1.54, 1.807) is 105 Å². The summed E-state index contributed by atoms with van der Waals surface area (Å²) in [5.74, 6) is -1.04. The molecule has 6 aromatic rings. The Hall–Kier alpha value is -6.99. The van der Waals surface area contributed by atoms with Crippen molar-refractivity contribution in [1.29, 1.82) is 5.26 Å². The van der Waals surface area contributed by atoms with Crippen LogP contribution in [0.2, 0.25) is 0 Å². The van der Waals surface area contributed by atoms with Gasteiger partial charge in [-0.25, -0.2) is 19.1 Å². The number of carbonyl (C=O) groups excluding carboxylic acids is 3. The second-order valence-corrected chi connectivity index (χ2v) is 20.3. The van der Waals surface area contributed by atoms with Gasteiger partial charge in [0.25, 0.3) is 8.53 Å². The van der Waals surface area contributed by atoms with Crippen molar-refractivity contribution >= 4 is 26.4 Å². The smallest absolute Gasteiger partial charge is 0.338 e. The molecular weight excluding hydrogens is 1010 g/mol. The molecule has 1 fully saturated rings. The number of nitrogens with zero attached hydrogens (tertiary/aromatic N) is 2. The van der Waals surface area contributed by atoms with Crippen molar-refractivity contribution in [1.82, 2.24) is 4.67 Å². The molecule has 0 radical (unpaired) electrons. The van der Waals surface area contributed by atoms with E-state index in [9.17, 15) is 19.6 Å². The highest BCUT2D eigenvalue weighted by molar-refractivity contribution is 7.44. The molecule has 0 amide bonds. The molecule has 6 aromatic carbocycles. The van der Waals surface area contributed by atoms with E-state index >= 15 is 0 Å². The third-order valence-corrected chi connectivity index (χ3v) is 15.0. The lowest BCUT2D eigenvalue weighted by Crippen LogP contribution is -2.63. The molecule has 410 valence electrons. The Labute approximate surface area is 459 Å². The summed E-state index contributed by atoms with van der Waals surface area (Å²) in [7, 11) is 1.76. The molecule has 78 heavy (non-hydrogen) atoms. The Morgan fingerprint density at radius 2 is 0.974 bits per heavy atom. The molecule has 0 bridgehead atoms. The first-order valence-corrected chi connectivity index (χ1v) is 27.3. The maximum Gasteiger partial charge on any atom is 0.338 e. The van der Waals surface area contributed by atoms with Gasteiger partial charge in [0.05, 0.1) is 63.2 Å². The van der Waals surface area contributed by atoms with Crippen molar-refractivity contribution < 1.29 is 61.3 Å². The maximum atomic E-state index is 14.4. The quantitative estimate of drug-likeness (QED) is 0.0149. The third-order valence-electron chi connectivity index (χ3n) is 12.9. The second kappa shape index (κ2) is 29.7. The van der Waals surface area contributed by atoms with Gasteiger partial charge in [0, 0.05) is 18.7 Å². The van der Waals surface area contributed by atoms with E-state index in [4.69, 9.17) is 46.9 Å². The van der Waals surface area contributed by atoms with Gasteiger partial charge >= 0.3 is 17.9 Å². The van der Waals surface area contributed by atoms with Crippen molar-refractivity contribution in [3.63, 3.8) is 0 Å². The van der Waals surface area contributed by atoms with Crippen molar-refractivity contribution in [3.8, 4) is 17.6 Å². The fourth-order valence-electron chi connectivity index (χ4n) is 9.16. The molecule has 1 saturated heterocycles. The second-order valence-electron chi connectivity index (χ2n) is 18.9. The van der Waals surface area contributed by atoms with E-state index in [2.05, 4.69) is 38.4 Å². The Morgan fingerprint density at radius 1 is 0.551 bits per heavy atom. The number of esters is 3. The Kier molecular flexibility index (Phi) is 22.3. The Morgan fingerprint density at radius 3 is 1.44 bits per heavy atom. The van der Waals surface area contributed by atoms with E-state index < -0.39 is 62.7 Å². The monoisotopic (exact) mass is 1080 g/mol. The summed E-state index contributed by atoms with van der Waals surface area (Å²) in [6, 6.07) is 52.3. The van der Waals surface area contributed by atoms with Gasteiger partial charge in [0.1, 0.15) is 23.2 Å². The van der Waals surface area contributed by atoms with E-state index in [1.807, 2.05) is 78.9 Å². The van der Waals surface area contributed by atoms with Crippen LogP contribution in [-0.2, 0) is 43.1 Å². The molecule has 0 N–H and O–H groups in total. The third kappa shape index (κ3) is 15.4. The zero-order valence-electron chi connectivity index (χ0n) is 45.0. The standard InChI is InChI=1S/C62H69N2O13P/c1-44(2)64(45(3)4)78(73-42-22-39-63)72-41-21-11-20-40-70-61-57(77-60(67)48-27-16-9-17-28-48)56(76-59(66)47-25-14-8-15-26-47)55(75-58(65)46-23-12-7-13-24-46)54(74-61)43-71-62(49-29-18-10-19-30-49,50-31-35-52(68-5)36-32-50)51-33-37-53(69-6)38-34-51/h7-10,12-19,23-38,44-45,54-57,61H,11,20-22,40-43H2,1-6H3. The van der Waals surface area contributed by atoms with Crippen LogP contribution in [0.1, 0.15) is 101 Å². The Balaban J connectivity index is 1.28. The van der Waals surface area contributed by atoms with Crippen molar-refractivity contribution in [2.24, 2.45) is 0 Å². The van der Waals surface area contributed by atoms with Crippen LogP contribution in [0, 0.1) is 11.3 Å². The van der Waals surface area contributed by atoms with Gasteiger partial charge in [0.2, 0.25) is 0 Å². The molecule has 6 unspecified atom stereocenters. The minimum Gasteiger partial charge on any atom is -0.497 e. The normalized spacial score (nSPS) is 17.7. The molecule has 1 aliphatic rings. The van der Waals surface area contributed by atoms with E-state index in [1.165, 1.54) is 0 Å². The predicted octanol–water partition coefficient (Wildman–Crippen LogP) is 11.9. The lowest BCUT2D eigenvalue weighted by atomic mass is 9.80. The van der Waals surface area contributed by atoms with Crippen LogP contribution in [0.5, 0.6) is 11.5 Å². The molecule has 6 atom stereocenters. The minimum atomic E-state index is -1.53. The first kappa shape index (κ1) is 58.7. The molecular formula is C62H69N2O13P. The average molecular weight is 1080 g/mol. The minimum absolute atomic E-state index is 0.106. The molecule has 0 aliphatic carbocycles. The molecule has 0 aromatic heterocycles. The van der Waals surface area contributed by atoms with Crippen molar-refractivity contribution in [3.05, 3.63) is 203 Å². The van der Waals surface area contributed by atoms with E-state index in [-0.39, 0.29) is 55.0 Å².